The lowest BCUT2D eigenvalue weighted by Gasteiger charge is -2.45. The molecule has 0 aromatic heterocycles. The third-order valence-electron chi connectivity index (χ3n) is 9.48. The van der Waals surface area contributed by atoms with Crippen molar-refractivity contribution in [2.24, 2.45) is 5.92 Å². The van der Waals surface area contributed by atoms with Crippen molar-refractivity contribution in [3.05, 3.63) is 94.8 Å². The number of sulfonamides is 1. The fourth-order valence-electron chi connectivity index (χ4n) is 7.07. The van der Waals surface area contributed by atoms with Gasteiger partial charge in [0, 0.05) is 24.1 Å². The molecule has 2 fully saturated rings. The van der Waals surface area contributed by atoms with Crippen molar-refractivity contribution in [3.8, 4) is 0 Å². The van der Waals surface area contributed by atoms with E-state index >= 15 is 0 Å². The van der Waals surface area contributed by atoms with Gasteiger partial charge in [0.15, 0.2) is 0 Å². The summed E-state index contributed by atoms with van der Waals surface area (Å²) in [5.41, 5.74) is 3.53. The largest absolute Gasteiger partial charge is 0.355 e. The van der Waals surface area contributed by atoms with E-state index in [-0.39, 0.29) is 28.7 Å². The Labute approximate surface area is 258 Å². The zero-order chi connectivity index (χ0) is 31.1. The molecule has 1 spiro atoms. The molecular weight excluding hydrogens is 579 g/mol. The number of likely N-dealkylation sites (tertiary alicyclic amines) is 1. The molecule has 10 heteroatoms. The first kappa shape index (κ1) is 30.3. The Kier molecular flexibility index (Phi) is 8.24. The summed E-state index contributed by atoms with van der Waals surface area (Å²) in [5.74, 6) is -0.572. The first-order valence-electron chi connectivity index (χ1n) is 15.4. The zero-order valence-corrected chi connectivity index (χ0v) is 26.0. The molecule has 3 aromatic rings. The van der Waals surface area contributed by atoms with E-state index in [1.807, 2.05) is 44.2 Å². The van der Waals surface area contributed by atoms with E-state index in [9.17, 15) is 22.4 Å². The third kappa shape index (κ3) is 5.61. The molecule has 6 rings (SSSR count). The smallest absolute Gasteiger partial charge is 0.264 e. The Morgan fingerprint density at radius 2 is 1.68 bits per heavy atom. The number of fused-ring (bicyclic) bond motifs is 2. The average Bonchev–Trinajstić information content (AvgIpc) is 3.81. The van der Waals surface area contributed by atoms with E-state index in [1.165, 1.54) is 24.3 Å². The molecule has 1 aliphatic carbocycles. The quantitative estimate of drug-likeness (QED) is 0.368. The highest BCUT2D eigenvalue weighted by molar-refractivity contribution is 7.92. The van der Waals surface area contributed by atoms with Gasteiger partial charge >= 0.3 is 0 Å². The van der Waals surface area contributed by atoms with Gasteiger partial charge in [0.25, 0.3) is 15.9 Å². The Morgan fingerprint density at radius 3 is 2.34 bits per heavy atom. The number of benzene rings is 3. The van der Waals surface area contributed by atoms with Crippen molar-refractivity contribution in [2.45, 2.75) is 62.4 Å². The lowest BCUT2D eigenvalue weighted by atomic mass is 9.68. The van der Waals surface area contributed by atoms with Crippen LogP contribution in [0.25, 0.3) is 0 Å². The normalized spacial score (nSPS) is 19.5. The summed E-state index contributed by atoms with van der Waals surface area (Å²) in [4.78, 5) is 28.0. The van der Waals surface area contributed by atoms with Gasteiger partial charge < -0.3 is 10.6 Å². The van der Waals surface area contributed by atoms with Crippen molar-refractivity contribution in [2.75, 3.05) is 30.5 Å². The molecule has 1 unspecified atom stereocenters. The number of carbonyl (C=O) groups excluding carboxylic acids is 2. The van der Waals surface area contributed by atoms with Crippen LogP contribution in [0, 0.1) is 18.7 Å². The molecule has 2 aliphatic heterocycles. The van der Waals surface area contributed by atoms with Crippen LogP contribution >= 0.6 is 0 Å². The fraction of sp³-hybridized carbons (Fsp3) is 0.412. The highest BCUT2D eigenvalue weighted by atomic mass is 32.2. The van der Waals surface area contributed by atoms with Crippen molar-refractivity contribution in [1.29, 1.82) is 0 Å². The molecule has 3 aromatic carbocycles. The number of anilines is 1. The minimum absolute atomic E-state index is 0.0258. The number of hydrogen-bond donors (Lipinski definition) is 2. The van der Waals surface area contributed by atoms with E-state index in [0.717, 1.165) is 29.5 Å². The Bertz CT molecular complexity index is 1660. The van der Waals surface area contributed by atoms with Crippen LogP contribution in [-0.2, 0) is 26.8 Å². The molecule has 8 nitrogen and oxygen atoms in total. The number of hydrogen-bond acceptors (Lipinski definition) is 5. The van der Waals surface area contributed by atoms with Gasteiger partial charge in [-0.3, -0.25) is 18.8 Å². The maximum absolute atomic E-state index is 14.3. The van der Waals surface area contributed by atoms with Gasteiger partial charge in [-0.2, -0.15) is 0 Å². The summed E-state index contributed by atoms with van der Waals surface area (Å²) in [6.45, 7) is 6.42. The molecule has 3 aliphatic rings. The minimum Gasteiger partial charge on any atom is -0.355 e. The van der Waals surface area contributed by atoms with Crippen LogP contribution in [0.4, 0.5) is 10.1 Å². The molecular formula is C34H39FN4O4S. The van der Waals surface area contributed by atoms with Crippen molar-refractivity contribution >= 4 is 27.5 Å². The first-order valence-corrected chi connectivity index (χ1v) is 16.8. The molecule has 0 bridgehead atoms. The molecule has 0 radical (unpaired) electrons. The second-order valence-corrected chi connectivity index (χ2v) is 14.1. The van der Waals surface area contributed by atoms with Crippen LogP contribution in [0.1, 0.15) is 59.7 Å². The van der Waals surface area contributed by atoms with Crippen molar-refractivity contribution < 1.29 is 22.4 Å². The topological polar surface area (TPSA) is 98.8 Å². The molecule has 232 valence electrons. The monoisotopic (exact) mass is 618 g/mol. The molecule has 1 saturated carbocycles. The number of halogens is 1. The summed E-state index contributed by atoms with van der Waals surface area (Å²) in [6, 6.07) is 17.9. The maximum atomic E-state index is 14.3. The number of likely N-dealkylation sites (N-methyl/N-ethyl adjacent to an activating group) is 1. The lowest BCUT2D eigenvalue weighted by molar-refractivity contribution is -0.122. The van der Waals surface area contributed by atoms with Crippen molar-refractivity contribution in [1.82, 2.24) is 15.5 Å². The van der Waals surface area contributed by atoms with Gasteiger partial charge in [-0.25, -0.2) is 12.8 Å². The average molecular weight is 619 g/mol. The molecule has 2 N–H and O–H groups in total. The second-order valence-electron chi connectivity index (χ2n) is 12.3. The van der Waals surface area contributed by atoms with Gasteiger partial charge in [-0.15, -0.1) is 0 Å². The number of piperidine rings is 1. The highest BCUT2D eigenvalue weighted by Gasteiger charge is 2.60. The SMILES string of the molecule is CCNC(=O)CN1CCC2(CC1)c1cc(C(=O)NCc3ccccc3C)ccc1N(S(=O)(=O)c1ccc(F)cc1)C2C1CC1. The number of aryl methyl sites for hydroxylation is 1. The number of rotatable bonds is 9. The van der Waals surface area contributed by atoms with Gasteiger partial charge in [-0.05, 0) is 118 Å². The standard InChI is InChI=1S/C34H39FN4O4S/c1-3-36-31(40)22-38-18-16-34(17-19-38)29-20-25(33(41)37-21-26-7-5-4-6-23(26)2)10-15-30(29)39(32(34)24-8-9-24)44(42,43)28-13-11-27(35)12-14-28/h4-7,10-15,20,24,32H,3,8-9,16-19,21-22H2,1-2H3,(H,36,40)(H,37,41). The van der Waals surface area contributed by atoms with Gasteiger partial charge in [0.05, 0.1) is 23.2 Å². The van der Waals surface area contributed by atoms with E-state index in [0.29, 0.717) is 56.8 Å². The number of carbonyl (C=O) groups is 2. The molecule has 44 heavy (non-hydrogen) atoms. The van der Waals surface area contributed by atoms with Crippen LogP contribution in [0.5, 0.6) is 0 Å². The molecule has 1 saturated heterocycles. The summed E-state index contributed by atoms with van der Waals surface area (Å²) in [7, 11) is -4.03. The van der Waals surface area contributed by atoms with E-state index < -0.39 is 21.3 Å². The second kappa shape index (κ2) is 12.0. The highest BCUT2D eigenvalue weighted by Crippen LogP contribution is 2.59. The predicted octanol–water partition coefficient (Wildman–Crippen LogP) is 4.52. The first-order chi connectivity index (χ1) is 21.1. The Morgan fingerprint density at radius 1 is 0.977 bits per heavy atom. The maximum Gasteiger partial charge on any atom is 0.264 e. The van der Waals surface area contributed by atoms with Crippen LogP contribution in [0.15, 0.2) is 71.6 Å². The predicted molar refractivity (Wildman–Crippen MR) is 167 cm³/mol. The van der Waals surface area contributed by atoms with Crippen LogP contribution in [0.2, 0.25) is 0 Å². The lowest BCUT2D eigenvalue weighted by Crippen LogP contribution is -2.54. The molecule has 2 amide bonds. The number of amides is 2. The van der Waals surface area contributed by atoms with Crippen LogP contribution in [-0.4, -0.2) is 57.4 Å². The Hall–Kier alpha value is -3.76. The van der Waals surface area contributed by atoms with Crippen LogP contribution < -0.4 is 14.9 Å². The summed E-state index contributed by atoms with van der Waals surface area (Å²) in [5, 5.41) is 5.90. The number of nitrogens with zero attached hydrogens (tertiary/aromatic N) is 2. The van der Waals surface area contributed by atoms with Crippen LogP contribution in [0.3, 0.4) is 0 Å². The van der Waals surface area contributed by atoms with E-state index in [2.05, 4.69) is 15.5 Å². The zero-order valence-electron chi connectivity index (χ0n) is 25.2. The van der Waals surface area contributed by atoms with Gasteiger partial charge in [0.1, 0.15) is 5.82 Å². The van der Waals surface area contributed by atoms with Crippen molar-refractivity contribution in [3.63, 3.8) is 0 Å². The van der Waals surface area contributed by atoms with Gasteiger partial charge in [-0.1, -0.05) is 24.3 Å². The summed E-state index contributed by atoms with van der Waals surface area (Å²) >= 11 is 0. The summed E-state index contributed by atoms with van der Waals surface area (Å²) in [6.07, 6.45) is 3.15. The van der Waals surface area contributed by atoms with Gasteiger partial charge in [0.2, 0.25) is 5.91 Å². The Balaban J connectivity index is 1.38. The third-order valence-corrected chi connectivity index (χ3v) is 11.3. The molecule has 1 atom stereocenters. The molecule has 2 heterocycles. The van der Waals surface area contributed by atoms with E-state index in [4.69, 9.17) is 0 Å². The summed E-state index contributed by atoms with van der Waals surface area (Å²) < 4.78 is 44.0. The van der Waals surface area contributed by atoms with E-state index in [1.54, 1.807) is 16.4 Å². The minimum atomic E-state index is -4.03. The fourth-order valence-corrected chi connectivity index (χ4v) is 8.87. The number of nitrogens with one attached hydrogen (secondary N) is 2.